The van der Waals surface area contributed by atoms with Gasteiger partial charge in [-0.05, 0) is 71.0 Å². The first-order valence-electron chi connectivity index (χ1n) is 8.20. The number of carboxylic acid groups (broad SMARTS) is 1. The van der Waals surface area contributed by atoms with Crippen LogP contribution in [0.1, 0.15) is 52.4 Å². The van der Waals surface area contributed by atoms with Crippen molar-refractivity contribution in [1.29, 1.82) is 0 Å². The van der Waals surface area contributed by atoms with Gasteiger partial charge in [0.05, 0.1) is 0 Å². The molecule has 2 rings (SSSR count). The van der Waals surface area contributed by atoms with Crippen LogP contribution in [0.2, 0.25) is 0 Å². The summed E-state index contributed by atoms with van der Waals surface area (Å²) in [6.07, 6.45) is 6.59. The summed E-state index contributed by atoms with van der Waals surface area (Å²) in [5.41, 5.74) is -0.668. The van der Waals surface area contributed by atoms with E-state index in [1.165, 1.54) is 12.8 Å². The van der Waals surface area contributed by atoms with Crippen LogP contribution in [-0.4, -0.2) is 47.7 Å². The van der Waals surface area contributed by atoms with E-state index < -0.39 is 11.5 Å². The van der Waals surface area contributed by atoms with Gasteiger partial charge in [0.25, 0.3) is 0 Å². The van der Waals surface area contributed by atoms with Gasteiger partial charge < -0.3 is 15.3 Å². The summed E-state index contributed by atoms with van der Waals surface area (Å²) in [6, 6.07) is 0.648. The zero-order valence-corrected chi connectivity index (χ0v) is 13.2. The molecule has 3 atom stereocenters. The van der Waals surface area contributed by atoms with Gasteiger partial charge in [-0.25, -0.2) is 0 Å². The van der Waals surface area contributed by atoms with Crippen molar-refractivity contribution in [3.05, 3.63) is 0 Å². The van der Waals surface area contributed by atoms with Gasteiger partial charge in [-0.1, -0.05) is 13.3 Å². The molecule has 2 saturated carbocycles. The lowest BCUT2D eigenvalue weighted by molar-refractivity contribution is -0.146. The Morgan fingerprint density at radius 3 is 2.70 bits per heavy atom. The van der Waals surface area contributed by atoms with E-state index in [1.54, 1.807) is 0 Å². The van der Waals surface area contributed by atoms with Crippen LogP contribution in [0.3, 0.4) is 0 Å². The number of rotatable bonds is 8. The van der Waals surface area contributed by atoms with Gasteiger partial charge >= 0.3 is 5.97 Å². The molecule has 4 nitrogen and oxygen atoms in total. The molecule has 0 aliphatic heterocycles. The Morgan fingerprint density at radius 1 is 1.45 bits per heavy atom. The summed E-state index contributed by atoms with van der Waals surface area (Å²) in [5.74, 6) is 0.495. The van der Waals surface area contributed by atoms with Crippen molar-refractivity contribution in [2.75, 3.05) is 20.1 Å². The van der Waals surface area contributed by atoms with Gasteiger partial charge in [-0.15, -0.1) is 0 Å². The van der Waals surface area contributed by atoms with Gasteiger partial charge in [0.1, 0.15) is 5.54 Å². The van der Waals surface area contributed by atoms with Crippen LogP contribution >= 0.6 is 0 Å². The van der Waals surface area contributed by atoms with Crippen molar-refractivity contribution in [1.82, 2.24) is 10.2 Å². The molecule has 2 aliphatic rings. The van der Waals surface area contributed by atoms with Gasteiger partial charge in [0.2, 0.25) is 0 Å². The quantitative estimate of drug-likeness (QED) is 0.717. The van der Waals surface area contributed by atoms with Crippen molar-refractivity contribution >= 4 is 5.97 Å². The third kappa shape index (κ3) is 3.17. The Kier molecular flexibility index (Phi) is 5.08. The highest BCUT2D eigenvalue weighted by molar-refractivity contribution is 5.79. The Morgan fingerprint density at radius 2 is 2.15 bits per heavy atom. The molecule has 0 aromatic heterocycles. The smallest absolute Gasteiger partial charge is 0.324 e. The normalized spacial score (nSPS) is 31.7. The number of aliphatic carboxylic acids is 1. The van der Waals surface area contributed by atoms with Crippen LogP contribution in [0.4, 0.5) is 0 Å². The predicted octanol–water partition coefficient (Wildman–Crippen LogP) is 2.34. The van der Waals surface area contributed by atoms with Crippen LogP contribution in [0.25, 0.3) is 0 Å². The highest BCUT2D eigenvalue weighted by atomic mass is 16.4. The summed E-state index contributed by atoms with van der Waals surface area (Å²) in [6.45, 7) is 6.06. The molecule has 2 N–H and O–H groups in total. The largest absolute Gasteiger partial charge is 0.480 e. The maximum absolute atomic E-state index is 11.7. The summed E-state index contributed by atoms with van der Waals surface area (Å²) in [5, 5.41) is 12.9. The second kappa shape index (κ2) is 6.44. The van der Waals surface area contributed by atoms with Gasteiger partial charge in [-0.3, -0.25) is 4.79 Å². The lowest BCUT2D eigenvalue weighted by atomic mass is 9.84. The molecular weight excluding hydrogens is 252 g/mol. The minimum atomic E-state index is -0.668. The van der Waals surface area contributed by atoms with Crippen LogP contribution in [0.5, 0.6) is 0 Å². The molecule has 0 aromatic rings. The Balaban J connectivity index is 1.91. The molecule has 2 aliphatic carbocycles. The van der Waals surface area contributed by atoms with Crippen LogP contribution < -0.4 is 5.32 Å². The van der Waals surface area contributed by atoms with E-state index in [9.17, 15) is 9.90 Å². The molecule has 0 aromatic carbocycles. The molecule has 20 heavy (non-hydrogen) atoms. The number of carboxylic acids is 1. The second-order valence-corrected chi connectivity index (χ2v) is 6.74. The molecule has 0 radical (unpaired) electrons. The first-order valence-corrected chi connectivity index (χ1v) is 8.20. The van der Waals surface area contributed by atoms with Crippen molar-refractivity contribution in [2.24, 2.45) is 11.8 Å². The van der Waals surface area contributed by atoms with E-state index in [0.29, 0.717) is 6.04 Å². The maximum Gasteiger partial charge on any atom is 0.324 e. The topological polar surface area (TPSA) is 52.6 Å². The fourth-order valence-electron chi connectivity index (χ4n) is 3.88. The second-order valence-electron chi connectivity index (χ2n) is 6.74. The molecule has 3 unspecified atom stereocenters. The highest BCUT2D eigenvalue weighted by Gasteiger charge is 2.48. The summed E-state index contributed by atoms with van der Waals surface area (Å²) >= 11 is 0. The van der Waals surface area contributed by atoms with Crippen molar-refractivity contribution in [3.63, 3.8) is 0 Å². The van der Waals surface area contributed by atoms with E-state index in [4.69, 9.17) is 0 Å². The zero-order valence-electron chi connectivity index (χ0n) is 13.2. The molecule has 0 spiro atoms. The average Bonchev–Trinajstić information content (AvgIpc) is 3.18. The summed E-state index contributed by atoms with van der Waals surface area (Å²) in [4.78, 5) is 14.2. The van der Waals surface area contributed by atoms with Gasteiger partial charge in [0.15, 0.2) is 0 Å². The lowest BCUT2D eigenvalue weighted by Crippen LogP contribution is -2.55. The van der Waals surface area contributed by atoms with Crippen molar-refractivity contribution in [2.45, 2.75) is 64.0 Å². The number of hydrogen-bond donors (Lipinski definition) is 2. The van der Waals surface area contributed by atoms with E-state index in [1.807, 2.05) is 6.92 Å². The Labute approximate surface area is 122 Å². The Hall–Kier alpha value is -0.610. The third-order valence-electron chi connectivity index (χ3n) is 5.52. The zero-order chi connectivity index (χ0) is 14.8. The first-order chi connectivity index (χ1) is 9.51. The molecule has 116 valence electrons. The van der Waals surface area contributed by atoms with E-state index >= 15 is 0 Å². The number of likely N-dealkylation sites (N-methyl/N-ethyl adjacent to an activating group) is 1. The predicted molar refractivity (Wildman–Crippen MR) is 80.8 cm³/mol. The van der Waals surface area contributed by atoms with Gasteiger partial charge in [0, 0.05) is 6.04 Å². The van der Waals surface area contributed by atoms with E-state index in [2.05, 4.69) is 24.2 Å². The van der Waals surface area contributed by atoms with E-state index in [-0.39, 0.29) is 5.92 Å². The van der Waals surface area contributed by atoms with Crippen LogP contribution in [0, 0.1) is 11.8 Å². The third-order valence-corrected chi connectivity index (χ3v) is 5.52. The molecule has 2 fully saturated rings. The number of nitrogens with one attached hydrogen (secondary N) is 1. The first kappa shape index (κ1) is 15.8. The standard InChI is InChI=1S/C16H30N2O2/c1-4-17-16(15(19)20)10-5-6-14(16)9-11-18(3)12(2)13-7-8-13/h12-14,17H,4-11H2,1-3H3,(H,19,20). The van der Waals surface area contributed by atoms with Gasteiger partial charge in [-0.2, -0.15) is 0 Å². The molecule has 0 heterocycles. The number of carbonyl (C=O) groups is 1. The van der Waals surface area contributed by atoms with Crippen LogP contribution in [0.15, 0.2) is 0 Å². The molecule has 4 heteroatoms. The fraction of sp³-hybridized carbons (Fsp3) is 0.938. The van der Waals surface area contributed by atoms with Crippen molar-refractivity contribution in [3.8, 4) is 0 Å². The average molecular weight is 282 g/mol. The Bertz CT molecular complexity index is 343. The maximum atomic E-state index is 11.7. The number of nitrogens with zero attached hydrogens (tertiary/aromatic N) is 1. The van der Waals surface area contributed by atoms with Crippen LogP contribution in [-0.2, 0) is 4.79 Å². The minimum absolute atomic E-state index is 0.272. The summed E-state index contributed by atoms with van der Waals surface area (Å²) in [7, 11) is 2.19. The highest BCUT2D eigenvalue weighted by Crippen LogP contribution is 2.39. The van der Waals surface area contributed by atoms with E-state index in [0.717, 1.165) is 44.7 Å². The summed E-state index contributed by atoms with van der Waals surface area (Å²) < 4.78 is 0. The molecule has 0 saturated heterocycles. The molecule has 0 bridgehead atoms. The lowest BCUT2D eigenvalue weighted by Gasteiger charge is -2.34. The fourth-order valence-corrected chi connectivity index (χ4v) is 3.88. The minimum Gasteiger partial charge on any atom is -0.480 e. The SMILES string of the molecule is CCNC1(C(=O)O)CCCC1CCN(C)C(C)C1CC1. The molecule has 0 amide bonds. The monoisotopic (exact) mass is 282 g/mol. The number of hydrogen-bond acceptors (Lipinski definition) is 3. The van der Waals surface area contributed by atoms with Crippen molar-refractivity contribution < 1.29 is 9.90 Å². The molecular formula is C16H30N2O2.